The number of sulfonamides is 1. The minimum atomic E-state index is -3.25. The summed E-state index contributed by atoms with van der Waals surface area (Å²) < 4.78 is 25.2. The highest BCUT2D eigenvalue weighted by molar-refractivity contribution is 7.88. The van der Waals surface area contributed by atoms with E-state index in [0.29, 0.717) is 18.2 Å². The summed E-state index contributed by atoms with van der Waals surface area (Å²) in [6, 6.07) is 7.34. The number of hydrogen-bond donors (Lipinski definition) is 3. The van der Waals surface area contributed by atoms with Gasteiger partial charge >= 0.3 is 6.03 Å². The van der Waals surface area contributed by atoms with Gasteiger partial charge in [0, 0.05) is 12.6 Å². The van der Waals surface area contributed by atoms with Crippen LogP contribution in [0.2, 0.25) is 0 Å². The van der Waals surface area contributed by atoms with Crippen molar-refractivity contribution in [2.24, 2.45) is 0 Å². The molecule has 0 bridgehead atoms. The molecule has 122 valence electrons. The van der Waals surface area contributed by atoms with Crippen LogP contribution in [-0.2, 0) is 22.3 Å². The molecular weight excluding hydrogens is 302 g/mol. The summed E-state index contributed by atoms with van der Waals surface area (Å²) >= 11 is 0. The second kappa shape index (κ2) is 7.60. The van der Waals surface area contributed by atoms with Crippen molar-refractivity contribution in [1.29, 1.82) is 0 Å². The third-order valence-corrected chi connectivity index (χ3v) is 5.17. The number of hydrogen-bond acceptors (Lipinski definition) is 3. The normalized spacial score (nSPS) is 15.7. The minimum Gasteiger partial charge on any atom is -0.335 e. The molecule has 0 atom stereocenters. The molecule has 0 saturated heterocycles. The maximum Gasteiger partial charge on any atom is 0.315 e. The van der Waals surface area contributed by atoms with Crippen LogP contribution in [0, 0.1) is 0 Å². The molecule has 1 aliphatic rings. The Labute approximate surface area is 131 Å². The van der Waals surface area contributed by atoms with E-state index in [0.717, 1.165) is 18.4 Å². The van der Waals surface area contributed by atoms with Crippen LogP contribution < -0.4 is 15.4 Å². The molecule has 2 amide bonds. The van der Waals surface area contributed by atoms with Crippen molar-refractivity contribution in [3.05, 3.63) is 35.4 Å². The van der Waals surface area contributed by atoms with Gasteiger partial charge in [0.1, 0.15) is 0 Å². The molecule has 2 rings (SSSR count). The monoisotopic (exact) mass is 325 g/mol. The predicted octanol–water partition coefficient (Wildman–Crippen LogP) is 1.48. The molecule has 0 radical (unpaired) electrons. The lowest BCUT2D eigenvalue weighted by Crippen LogP contribution is -2.40. The quantitative estimate of drug-likeness (QED) is 0.740. The van der Waals surface area contributed by atoms with E-state index in [9.17, 15) is 13.2 Å². The number of rotatable bonds is 6. The van der Waals surface area contributed by atoms with Crippen molar-refractivity contribution >= 4 is 16.1 Å². The van der Waals surface area contributed by atoms with Gasteiger partial charge in [0.15, 0.2) is 0 Å². The predicted molar refractivity (Wildman–Crippen MR) is 85.8 cm³/mol. The molecule has 0 aromatic heterocycles. The summed E-state index contributed by atoms with van der Waals surface area (Å²) in [6.45, 7) is 0.428. The Morgan fingerprint density at radius 1 is 1.14 bits per heavy atom. The van der Waals surface area contributed by atoms with Gasteiger partial charge in [-0.05, 0) is 31.0 Å². The van der Waals surface area contributed by atoms with Crippen molar-refractivity contribution in [2.75, 3.05) is 7.05 Å². The Bertz CT molecular complexity index is 593. The Kier molecular flexibility index (Phi) is 5.79. The molecule has 0 unspecified atom stereocenters. The van der Waals surface area contributed by atoms with Gasteiger partial charge in [0.05, 0.1) is 5.75 Å². The van der Waals surface area contributed by atoms with E-state index in [1.165, 1.54) is 19.9 Å². The van der Waals surface area contributed by atoms with E-state index in [2.05, 4.69) is 15.4 Å². The highest BCUT2D eigenvalue weighted by Gasteiger charge is 2.16. The van der Waals surface area contributed by atoms with Gasteiger partial charge in [0.2, 0.25) is 10.0 Å². The molecule has 7 heteroatoms. The lowest BCUT2D eigenvalue weighted by molar-refractivity contribution is 0.236. The second-order valence-corrected chi connectivity index (χ2v) is 7.51. The first kappa shape index (κ1) is 16.8. The van der Waals surface area contributed by atoms with E-state index < -0.39 is 10.0 Å². The van der Waals surface area contributed by atoms with Crippen LogP contribution in [0.5, 0.6) is 0 Å². The molecule has 0 aliphatic heterocycles. The highest BCUT2D eigenvalue weighted by atomic mass is 32.2. The van der Waals surface area contributed by atoms with E-state index in [4.69, 9.17) is 0 Å². The fourth-order valence-electron chi connectivity index (χ4n) is 2.53. The first-order chi connectivity index (χ1) is 10.5. The topological polar surface area (TPSA) is 87.3 Å². The van der Waals surface area contributed by atoms with Crippen LogP contribution in [0.4, 0.5) is 4.79 Å². The molecule has 1 aliphatic carbocycles. The Morgan fingerprint density at radius 2 is 1.73 bits per heavy atom. The average Bonchev–Trinajstić information content (AvgIpc) is 2.99. The molecule has 6 nitrogen and oxygen atoms in total. The van der Waals surface area contributed by atoms with Crippen molar-refractivity contribution in [3.8, 4) is 0 Å². The molecule has 0 heterocycles. The molecule has 1 aromatic carbocycles. The number of benzene rings is 1. The van der Waals surface area contributed by atoms with Crippen LogP contribution in [0.15, 0.2) is 24.3 Å². The molecule has 1 aromatic rings. The molecular formula is C15H23N3O3S. The third-order valence-electron chi connectivity index (χ3n) is 3.83. The second-order valence-electron chi connectivity index (χ2n) is 5.59. The number of carbonyl (C=O) groups is 1. The van der Waals surface area contributed by atoms with E-state index in [-0.39, 0.29) is 11.8 Å². The summed E-state index contributed by atoms with van der Waals surface area (Å²) in [6.07, 6.45) is 4.48. The molecule has 0 spiro atoms. The van der Waals surface area contributed by atoms with Crippen LogP contribution in [0.1, 0.15) is 36.8 Å². The average molecular weight is 325 g/mol. The summed E-state index contributed by atoms with van der Waals surface area (Å²) in [5.41, 5.74) is 1.65. The summed E-state index contributed by atoms with van der Waals surface area (Å²) in [5.74, 6) is -0.0423. The molecule has 3 N–H and O–H groups in total. The third kappa shape index (κ3) is 5.31. The first-order valence-corrected chi connectivity index (χ1v) is 9.17. The van der Waals surface area contributed by atoms with Crippen LogP contribution in [0.25, 0.3) is 0 Å². The maximum atomic E-state index is 11.8. The van der Waals surface area contributed by atoms with Gasteiger partial charge in [0.25, 0.3) is 0 Å². The Morgan fingerprint density at radius 3 is 2.32 bits per heavy atom. The lowest BCUT2D eigenvalue weighted by atomic mass is 10.1. The molecule has 22 heavy (non-hydrogen) atoms. The first-order valence-electron chi connectivity index (χ1n) is 7.52. The minimum absolute atomic E-state index is 0.0423. The Balaban J connectivity index is 1.79. The van der Waals surface area contributed by atoms with Gasteiger partial charge in [-0.15, -0.1) is 0 Å². The summed E-state index contributed by atoms with van der Waals surface area (Å²) in [4.78, 5) is 11.8. The number of amides is 2. The summed E-state index contributed by atoms with van der Waals surface area (Å²) in [7, 11) is -1.85. The maximum absolute atomic E-state index is 11.8. The molecule has 1 fully saturated rings. The SMILES string of the molecule is CNS(=O)(=O)Cc1ccc(CNC(=O)NC2CCCC2)cc1. The van der Waals surface area contributed by atoms with Gasteiger partial charge in [-0.3, -0.25) is 0 Å². The number of urea groups is 1. The van der Waals surface area contributed by atoms with Gasteiger partial charge in [-0.25, -0.2) is 17.9 Å². The van der Waals surface area contributed by atoms with Crippen LogP contribution >= 0.6 is 0 Å². The number of carbonyl (C=O) groups excluding carboxylic acids is 1. The van der Waals surface area contributed by atoms with E-state index in [1.807, 2.05) is 12.1 Å². The molecule has 1 saturated carbocycles. The van der Waals surface area contributed by atoms with Crippen LogP contribution in [-0.4, -0.2) is 27.5 Å². The van der Waals surface area contributed by atoms with Crippen molar-refractivity contribution < 1.29 is 13.2 Å². The summed E-state index contributed by atoms with van der Waals surface area (Å²) in [5, 5.41) is 5.79. The van der Waals surface area contributed by atoms with Gasteiger partial charge < -0.3 is 10.6 Å². The Hall–Kier alpha value is -1.60. The standard InChI is InChI=1S/C15H23N3O3S/c1-16-22(20,21)11-13-8-6-12(7-9-13)10-17-15(19)18-14-4-2-3-5-14/h6-9,14,16H,2-5,10-11H2,1H3,(H2,17,18,19). The zero-order valence-electron chi connectivity index (χ0n) is 12.8. The zero-order valence-corrected chi connectivity index (χ0v) is 13.6. The van der Waals surface area contributed by atoms with E-state index in [1.54, 1.807) is 12.1 Å². The fourth-order valence-corrected chi connectivity index (χ4v) is 3.31. The smallest absolute Gasteiger partial charge is 0.315 e. The van der Waals surface area contributed by atoms with Crippen molar-refractivity contribution in [2.45, 2.75) is 44.0 Å². The van der Waals surface area contributed by atoms with Gasteiger partial charge in [-0.2, -0.15) is 0 Å². The van der Waals surface area contributed by atoms with Crippen molar-refractivity contribution in [3.63, 3.8) is 0 Å². The largest absolute Gasteiger partial charge is 0.335 e. The van der Waals surface area contributed by atoms with Gasteiger partial charge in [-0.1, -0.05) is 37.1 Å². The van der Waals surface area contributed by atoms with Crippen LogP contribution in [0.3, 0.4) is 0 Å². The zero-order chi connectivity index (χ0) is 16.0. The number of nitrogens with one attached hydrogen (secondary N) is 3. The van der Waals surface area contributed by atoms with E-state index >= 15 is 0 Å². The lowest BCUT2D eigenvalue weighted by Gasteiger charge is -2.13. The fraction of sp³-hybridized carbons (Fsp3) is 0.533. The van der Waals surface area contributed by atoms with Crippen molar-refractivity contribution in [1.82, 2.24) is 15.4 Å². The highest BCUT2D eigenvalue weighted by Crippen LogP contribution is 2.17.